The number of nitrogens with zero attached hydrogens (tertiary/aromatic N) is 1. The maximum atomic E-state index is 12.1. The van der Waals surface area contributed by atoms with Gasteiger partial charge in [-0.05, 0) is 18.2 Å². The second-order valence-electron chi connectivity index (χ2n) is 5.56. The number of hydrogen-bond acceptors (Lipinski definition) is 4. The number of anilines is 1. The summed E-state index contributed by atoms with van der Waals surface area (Å²) in [5.41, 5.74) is 0.630. The van der Waals surface area contributed by atoms with Crippen molar-refractivity contribution in [2.75, 3.05) is 38.2 Å². The molecule has 0 aromatic heterocycles. The zero-order valence-electron chi connectivity index (χ0n) is 12.1. The fourth-order valence-corrected chi connectivity index (χ4v) is 3.54. The molecule has 22 heavy (non-hydrogen) atoms. The number of halogens is 2. The van der Waals surface area contributed by atoms with E-state index in [1.165, 1.54) is 0 Å². The van der Waals surface area contributed by atoms with Crippen LogP contribution in [0.3, 0.4) is 0 Å². The summed E-state index contributed by atoms with van der Waals surface area (Å²) in [7, 11) is 0. The molecule has 3 rings (SSSR count). The van der Waals surface area contributed by atoms with Gasteiger partial charge in [0, 0.05) is 30.4 Å². The van der Waals surface area contributed by atoms with E-state index in [9.17, 15) is 4.79 Å². The molecule has 0 atom stereocenters. The summed E-state index contributed by atoms with van der Waals surface area (Å²) < 4.78 is 12.3. The minimum atomic E-state index is -0.401. The van der Waals surface area contributed by atoms with Gasteiger partial charge in [-0.2, -0.15) is 0 Å². The van der Waals surface area contributed by atoms with E-state index >= 15 is 0 Å². The second-order valence-corrected chi connectivity index (χ2v) is 6.88. The number of hydrogen-bond donors (Lipinski definition) is 1. The fourth-order valence-electron chi connectivity index (χ4n) is 2.82. The van der Waals surface area contributed by atoms with E-state index in [-0.39, 0.29) is 5.91 Å². The molecule has 2 saturated heterocycles. The number of amides is 1. The van der Waals surface area contributed by atoms with Crippen molar-refractivity contribution in [3.05, 3.63) is 27.7 Å². The number of carbonyl (C=O) groups is 1. The van der Waals surface area contributed by atoms with E-state index in [1.807, 2.05) is 6.07 Å². The van der Waals surface area contributed by atoms with Gasteiger partial charge >= 0.3 is 0 Å². The molecule has 0 saturated carbocycles. The van der Waals surface area contributed by atoms with Gasteiger partial charge in [0.1, 0.15) is 0 Å². The molecule has 0 radical (unpaired) electrons. The zero-order chi connectivity index (χ0) is 15.6. The van der Waals surface area contributed by atoms with Crippen LogP contribution in [0.2, 0.25) is 5.02 Å². The lowest BCUT2D eigenvalue weighted by molar-refractivity contribution is -0.185. The SMILES string of the molecule is O=C(CN1CCC2(CC1)OCCO2)Nc1ccc(Br)cc1Cl. The number of likely N-dealkylation sites (tertiary alicyclic amines) is 1. The first-order valence-corrected chi connectivity index (χ1v) is 8.49. The molecule has 1 aromatic rings. The van der Waals surface area contributed by atoms with Crippen molar-refractivity contribution in [1.82, 2.24) is 4.90 Å². The Kier molecular flexibility index (Phi) is 5.04. The smallest absolute Gasteiger partial charge is 0.238 e. The molecule has 1 aromatic carbocycles. The first kappa shape index (κ1) is 16.2. The van der Waals surface area contributed by atoms with Crippen LogP contribution in [0.15, 0.2) is 22.7 Å². The first-order chi connectivity index (χ1) is 10.6. The average molecular weight is 390 g/mol. The van der Waals surface area contributed by atoms with Crippen LogP contribution in [0, 0.1) is 0 Å². The average Bonchev–Trinajstić information content (AvgIpc) is 2.93. The van der Waals surface area contributed by atoms with Crippen molar-refractivity contribution in [2.45, 2.75) is 18.6 Å². The molecule has 1 spiro atoms. The van der Waals surface area contributed by atoms with E-state index in [2.05, 4.69) is 26.1 Å². The predicted molar refractivity (Wildman–Crippen MR) is 88.1 cm³/mol. The van der Waals surface area contributed by atoms with Gasteiger partial charge < -0.3 is 14.8 Å². The number of rotatable bonds is 3. The highest BCUT2D eigenvalue weighted by Gasteiger charge is 2.39. The monoisotopic (exact) mass is 388 g/mol. The van der Waals surface area contributed by atoms with Gasteiger partial charge in [0.2, 0.25) is 5.91 Å². The number of ether oxygens (including phenoxy) is 2. The van der Waals surface area contributed by atoms with Crippen LogP contribution in [0.4, 0.5) is 5.69 Å². The van der Waals surface area contributed by atoms with Gasteiger partial charge in [0.15, 0.2) is 5.79 Å². The first-order valence-electron chi connectivity index (χ1n) is 7.32. The highest BCUT2D eigenvalue weighted by Crippen LogP contribution is 2.31. The Morgan fingerprint density at radius 1 is 1.32 bits per heavy atom. The molecular weight excluding hydrogens is 372 g/mol. The summed E-state index contributed by atoms with van der Waals surface area (Å²) in [5, 5.41) is 3.37. The highest BCUT2D eigenvalue weighted by atomic mass is 79.9. The molecule has 1 N–H and O–H groups in total. The van der Waals surface area contributed by atoms with Crippen LogP contribution < -0.4 is 5.32 Å². The Labute approximate surface area is 143 Å². The topological polar surface area (TPSA) is 50.8 Å². The summed E-state index contributed by atoms with van der Waals surface area (Å²) in [6.07, 6.45) is 1.61. The van der Waals surface area contributed by atoms with Crippen LogP contribution in [0.5, 0.6) is 0 Å². The largest absolute Gasteiger partial charge is 0.347 e. The molecule has 5 nitrogen and oxygen atoms in total. The summed E-state index contributed by atoms with van der Waals surface area (Å²) in [6, 6.07) is 5.40. The third-order valence-corrected chi connectivity index (χ3v) is 4.81. The molecule has 120 valence electrons. The van der Waals surface area contributed by atoms with Gasteiger partial charge in [0.25, 0.3) is 0 Å². The van der Waals surface area contributed by atoms with Crippen molar-refractivity contribution in [3.8, 4) is 0 Å². The quantitative estimate of drug-likeness (QED) is 0.864. The molecule has 0 aliphatic carbocycles. The Morgan fingerprint density at radius 3 is 2.64 bits per heavy atom. The van der Waals surface area contributed by atoms with Gasteiger partial charge in [-0.3, -0.25) is 9.69 Å². The maximum Gasteiger partial charge on any atom is 0.238 e. The van der Waals surface area contributed by atoms with E-state index in [0.29, 0.717) is 30.5 Å². The van der Waals surface area contributed by atoms with Gasteiger partial charge in [-0.25, -0.2) is 0 Å². The van der Waals surface area contributed by atoms with E-state index in [1.54, 1.807) is 12.1 Å². The fraction of sp³-hybridized carbons (Fsp3) is 0.533. The summed E-state index contributed by atoms with van der Waals surface area (Å²) >= 11 is 9.45. The third kappa shape index (κ3) is 3.81. The van der Waals surface area contributed by atoms with E-state index in [0.717, 1.165) is 30.4 Å². The Hall–Kier alpha value is -0.660. The van der Waals surface area contributed by atoms with Crippen LogP contribution >= 0.6 is 27.5 Å². The highest BCUT2D eigenvalue weighted by molar-refractivity contribution is 9.10. The van der Waals surface area contributed by atoms with Crippen LogP contribution in [0.25, 0.3) is 0 Å². The normalized spacial score (nSPS) is 21.2. The van der Waals surface area contributed by atoms with Crippen molar-refractivity contribution >= 4 is 39.1 Å². The number of benzene rings is 1. The van der Waals surface area contributed by atoms with Gasteiger partial charge in [0.05, 0.1) is 30.5 Å². The predicted octanol–water partition coefficient (Wildman–Crippen LogP) is 2.88. The lowest BCUT2D eigenvalue weighted by Crippen LogP contribution is -2.47. The lowest BCUT2D eigenvalue weighted by atomic mass is 10.0. The molecule has 2 aliphatic rings. The summed E-state index contributed by atoms with van der Waals surface area (Å²) in [5.74, 6) is -0.462. The van der Waals surface area contributed by atoms with Gasteiger partial charge in [-0.1, -0.05) is 27.5 Å². The third-order valence-electron chi connectivity index (χ3n) is 4.00. The van der Waals surface area contributed by atoms with Crippen LogP contribution in [-0.4, -0.2) is 49.4 Å². The minimum absolute atomic E-state index is 0.0616. The minimum Gasteiger partial charge on any atom is -0.347 e. The number of piperidine rings is 1. The van der Waals surface area contributed by atoms with E-state index in [4.69, 9.17) is 21.1 Å². The number of nitrogens with one attached hydrogen (secondary N) is 1. The van der Waals surface area contributed by atoms with E-state index < -0.39 is 5.79 Å². The molecular formula is C15H18BrClN2O3. The zero-order valence-corrected chi connectivity index (χ0v) is 14.5. The maximum absolute atomic E-state index is 12.1. The van der Waals surface area contributed by atoms with Crippen molar-refractivity contribution in [3.63, 3.8) is 0 Å². The summed E-state index contributed by atoms with van der Waals surface area (Å²) in [6.45, 7) is 3.27. The Morgan fingerprint density at radius 2 is 2.00 bits per heavy atom. The molecule has 2 fully saturated rings. The Bertz CT molecular complexity index is 554. The standard InChI is InChI=1S/C15H18BrClN2O3/c16-11-1-2-13(12(17)9-11)18-14(20)10-19-5-3-15(4-6-19)21-7-8-22-15/h1-2,9H,3-8,10H2,(H,18,20). The van der Waals surface area contributed by atoms with Crippen molar-refractivity contribution < 1.29 is 14.3 Å². The van der Waals surface area contributed by atoms with Crippen molar-refractivity contribution in [2.24, 2.45) is 0 Å². The second kappa shape index (κ2) is 6.84. The molecule has 0 unspecified atom stereocenters. The molecule has 2 heterocycles. The molecule has 7 heteroatoms. The Balaban J connectivity index is 1.50. The number of carbonyl (C=O) groups excluding carboxylic acids is 1. The van der Waals surface area contributed by atoms with Crippen LogP contribution in [-0.2, 0) is 14.3 Å². The lowest BCUT2D eigenvalue weighted by Gasteiger charge is -2.37. The van der Waals surface area contributed by atoms with Crippen molar-refractivity contribution in [1.29, 1.82) is 0 Å². The summed E-state index contributed by atoms with van der Waals surface area (Å²) in [4.78, 5) is 14.3. The van der Waals surface area contributed by atoms with Gasteiger partial charge in [-0.15, -0.1) is 0 Å². The molecule has 0 bridgehead atoms. The van der Waals surface area contributed by atoms with Crippen LogP contribution in [0.1, 0.15) is 12.8 Å². The molecule has 1 amide bonds. The molecule has 2 aliphatic heterocycles.